The largest absolute Gasteiger partial charge is 0.492 e. The molecule has 0 saturated carbocycles. The molecule has 0 bridgehead atoms. The van der Waals surface area contributed by atoms with Gasteiger partial charge in [0, 0.05) is 30.8 Å². The molecule has 2 atom stereocenters. The second kappa shape index (κ2) is 6.49. The molecule has 5 heteroatoms. The first-order valence-electron chi connectivity index (χ1n) is 8.83. The number of methoxy groups -OCH3 is 4. The first kappa shape index (κ1) is 17.2. The summed E-state index contributed by atoms with van der Waals surface area (Å²) in [6.07, 6.45) is 0.881. The number of likely N-dealkylation sites (N-methyl/N-ethyl adjacent to an activating group) is 1. The smallest absolute Gasteiger partial charge is 0.204 e. The van der Waals surface area contributed by atoms with E-state index in [1.165, 1.54) is 16.7 Å². The maximum atomic E-state index is 5.85. The van der Waals surface area contributed by atoms with Crippen LogP contribution >= 0.6 is 0 Å². The average molecular weight is 355 g/mol. The standard InChI is InChI=1S/C21H25NO4/c1-22-11-15(23-2)18-17-14(22)10-12-8-6-7-9-13(12)16(17)19(24-3)21(26-5)20(18)25-4/h6-9,14-15H,10-11H2,1-5H3. The van der Waals surface area contributed by atoms with Gasteiger partial charge in [-0.15, -0.1) is 0 Å². The van der Waals surface area contributed by atoms with Crippen LogP contribution < -0.4 is 14.2 Å². The van der Waals surface area contributed by atoms with E-state index in [-0.39, 0.29) is 12.1 Å². The fraction of sp³-hybridized carbons (Fsp3) is 0.429. The van der Waals surface area contributed by atoms with Gasteiger partial charge in [0.1, 0.15) is 0 Å². The Morgan fingerprint density at radius 1 is 0.885 bits per heavy atom. The van der Waals surface area contributed by atoms with Gasteiger partial charge >= 0.3 is 0 Å². The van der Waals surface area contributed by atoms with E-state index in [9.17, 15) is 0 Å². The predicted molar refractivity (Wildman–Crippen MR) is 100 cm³/mol. The van der Waals surface area contributed by atoms with Crippen LogP contribution in [0, 0.1) is 0 Å². The van der Waals surface area contributed by atoms with Gasteiger partial charge in [0.15, 0.2) is 11.5 Å². The Bertz CT molecular complexity index is 848. The fourth-order valence-electron chi connectivity index (χ4n) is 4.54. The van der Waals surface area contributed by atoms with Gasteiger partial charge in [-0.3, -0.25) is 4.90 Å². The minimum absolute atomic E-state index is 0.0787. The van der Waals surface area contributed by atoms with Crippen molar-refractivity contribution in [2.45, 2.75) is 18.6 Å². The highest BCUT2D eigenvalue weighted by Crippen LogP contribution is 2.58. The zero-order valence-electron chi connectivity index (χ0n) is 16.0. The van der Waals surface area contributed by atoms with E-state index < -0.39 is 0 Å². The molecule has 1 heterocycles. The van der Waals surface area contributed by atoms with E-state index in [4.69, 9.17) is 18.9 Å². The summed E-state index contributed by atoms with van der Waals surface area (Å²) in [6, 6.07) is 8.78. The van der Waals surface area contributed by atoms with Crippen molar-refractivity contribution < 1.29 is 18.9 Å². The van der Waals surface area contributed by atoms with E-state index in [2.05, 4.69) is 36.2 Å². The summed E-state index contributed by atoms with van der Waals surface area (Å²) >= 11 is 0. The lowest BCUT2D eigenvalue weighted by Crippen LogP contribution is -2.39. The van der Waals surface area contributed by atoms with Crippen molar-refractivity contribution in [1.29, 1.82) is 0 Å². The van der Waals surface area contributed by atoms with E-state index >= 15 is 0 Å². The van der Waals surface area contributed by atoms with E-state index in [0.717, 1.165) is 29.8 Å². The molecule has 0 radical (unpaired) electrons. The van der Waals surface area contributed by atoms with Gasteiger partial charge in [-0.2, -0.15) is 0 Å². The summed E-state index contributed by atoms with van der Waals surface area (Å²) in [5.41, 5.74) is 5.94. The number of benzene rings is 2. The topological polar surface area (TPSA) is 40.2 Å². The van der Waals surface area contributed by atoms with Crippen LogP contribution in [-0.4, -0.2) is 46.9 Å². The van der Waals surface area contributed by atoms with Gasteiger partial charge in [0.25, 0.3) is 0 Å². The maximum Gasteiger partial charge on any atom is 0.204 e. The Balaban J connectivity index is 2.16. The minimum atomic E-state index is -0.0787. The first-order valence-corrected chi connectivity index (χ1v) is 8.83. The molecule has 26 heavy (non-hydrogen) atoms. The number of rotatable bonds is 4. The molecular formula is C21H25NO4. The number of nitrogens with zero attached hydrogens (tertiary/aromatic N) is 1. The molecule has 2 unspecified atom stereocenters. The van der Waals surface area contributed by atoms with Gasteiger partial charge in [0.05, 0.1) is 27.4 Å². The van der Waals surface area contributed by atoms with Gasteiger partial charge in [-0.25, -0.2) is 0 Å². The van der Waals surface area contributed by atoms with Crippen molar-refractivity contribution in [3.05, 3.63) is 41.0 Å². The lowest BCUT2D eigenvalue weighted by Gasteiger charge is -2.43. The highest BCUT2D eigenvalue weighted by atomic mass is 16.5. The Hall–Kier alpha value is -2.24. The fourth-order valence-corrected chi connectivity index (χ4v) is 4.54. The van der Waals surface area contributed by atoms with Crippen LogP contribution in [0.3, 0.4) is 0 Å². The molecule has 2 aromatic rings. The van der Waals surface area contributed by atoms with Gasteiger partial charge in [-0.1, -0.05) is 24.3 Å². The summed E-state index contributed by atoms with van der Waals surface area (Å²) in [7, 11) is 8.92. The normalized spacial score (nSPS) is 21.0. The Kier molecular flexibility index (Phi) is 4.29. The lowest BCUT2D eigenvalue weighted by molar-refractivity contribution is 0.0397. The minimum Gasteiger partial charge on any atom is -0.492 e. The van der Waals surface area contributed by atoms with Crippen LogP contribution in [0.5, 0.6) is 17.2 Å². The van der Waals surface area contributed by atoms with Gasteiger partial charge in [0.2, 0.25) is 5.75 Å². The Morgan fingerprint density at radius 3 is 2.23 bits per heavy atom. The molecule has 1 aliphatic carbocycles. The summed E-state index contributed by atoms with van der Waals surface area (Å²) < 4.78 is 23.2. The van der Waals surface area contributed by atoms with E-state index in [1.807, 2.05) is 0 Å². The SMILES string of the molecule is COc1c(OC)c2c3c(c1OC)C(OC)CN(C)C3Cc1ccccc1-2. The highest BCUT2D eigenvalue weighted by molar-refractivity contribution is 5.86. The monoisotopic (exact) mass is 355 g/mol. The Labute approximate surface area is 154 Å². The van der Waals surface area contributed by atoms with Crippen molar-refractivity contribution in [2.75, 3.05) is 42.0 Å². The van der Waals surface area contributed by atoms with Crippen LogP contribution in [0.4, 0.5) is 0 Å². The summed E-state index contributed by atoms with van der Waals surface area (Å²) in [5, 5.41) is 0. The highest BCUT2D eigenvalue weighted by Gasteiger charge is 2.42. The molecule has 0 aromatic heterocycles. The molecule has 0 amide bonds. The zero-order valence-corrected chi connectivity index (χ0v) is 16.0. The second-order valence-corrected chi connectivity index (χ2v) is 6.84. The molecule has 138 valence electrons. The molecule has 2 aromatic carbocycles. The summed E-state index contributed by atoms with van der Waals surface area (Å²) in [5.74, 6) is 2.07. The van der Waals surface area contributed by atoms with Crippen molar-refractivity contribution in [3.8, 4) is 28.4 Å². The van der Waals surface area contributed by atoms with Crippen LogP contribution in [0.25, 0.3) is 11.1 Å². The maximum absolute atomic E-state index is 5.85. The molecule has 0 saturated heterocycles. The zero-order chi connectivity index (χ0) is 18.4. The van der Waals surface area contributed by atoms with E-state index in [1.54, 1.807) is 28.4 Å². The van der Waals surface area contributed by atoms with Crippen molar-refractivity contribution in [2.24, 2.45) is 0 Å². The molecule has 5 nitrogen and oxygen atoms in total. The first-order chi connectivity index (χ1) is 12.7. The van der Waals surface area contributed by atoms with Gasteiger partial charge in [-0.05, 0) is 30.2 Å². The van der Waals surface area contributed by atoms with Crippen molar-refractivity contribution >= 4 is 0 Å². The van der Waals surface area contributed by atoms with Crippen LogP contribution in [-0.2, 0) is 11.2 Å². The molecule has 0 fully saturated rings. The average Bonchev–Trinajstić information content (AvgIpc) is 2.68. The lowest BCUT2D eigenvalue weighted by atomic mass is 9.75. The van der Waals surface area contributed by atoms with Crippen LogP contribution in [0.1, 0.15) is 28.8 Å². The second-order valence-electron chi connectivity index (χ2n) is 6.84. The van der Waals surface area contributed by atoms with Gasteiger partial charge < -0.3 is 18.9 Å². The number of ether oxygens (including phenoxy) is 4. The predicted octanol–water partition coefficient (Wildman–Crippen LogP) is 3.61. The third kappa shape index (κ3) is 2.24. The van der Waals surface area contributed by atoms with Crippen LogP contribution in [0.2, 0.25) is 0 Å². The molecule has 4 rings (SSSR count). The van der Waals surface area contributed by atoms with Crippen LogP contribution in [0.15, 0.2) is 24.3 Å². The van der Waals surface area contributed by atoms with E-state index in [0.29, 0.717) is 11.5 Å². The third-order valence-corrected chi connectivity index (χ3v) is 5.68. The Morgan fingerprint density at radius 2 is 1.58 bits per heavy atom. The quantitative estimate of drug-likeness (QED) is 0.838. The third-order valence-electron chi connectivity index (χ3n) is 5.68. The molecular weight excluding hydrogens is 330 g/mol. The molecule has 0 spiro atoms. The number of hydrogen-bond donors (Lipinski definition) is 0. The number of hydrogen-bond acceptors (Lipinski definition) is 5. The van der Waals surface area contributed by atoms with Crippen molar-refractivity contribution in [1.82, 2.24) is 4.90 Å². The molecule has 2 aliphatic rings. The number of fused-ring (bicyclic) bond motifs is 2. The summed E-state index contributed by atoms with van der Waals surface area (Å²) in [4.78, 5) is 2.36. The van der Waals surface area contributed by atoms with Crippen molar-refractivity contribution in [3.63, 3.8) is 0 Å². The molecule has 0 N–H and O–H groups in total. The molecule has 1 aliphatic heterocycles. The summed E-state index contributed by atoms with van der Waals surface area (Å²) in [6.45, 7) is 0.807.